The average Bonchev–Trinajstić information content (AvgIpc) is 2.45. The molecule has 6 nitrogen and oxygen atoms in total. The molecular formula is C14H19NO5. The largest absolute Gasteiger partial charge is 0.491 e. The summed E-state index contributed by atoms with van der Waals surface area (Å²) in [7, 11) is 0. The van der Waals surface area contributed by atoms with Crippen molar-refractivity contribution in [2.75, 3.05) is 26.4 Å². The summed E-state index contributed by atoms with van der Waals surface area (Å²) in [5.74, 6) is 0.258. The van der Waals surface area contributed by atoms with Crippen molar-refractivity contribution in [2.45, 2.75) is 13.8 Å². The maximum absolute atomic E-state index is 10.7. The van der Waals surface area contributed by atoms with Gasteiger partial charge < -0.3 is 19.4 Å². The van der Waals surface area contributed by atoms with Gasteiger partial charge in [0.05, 0.1) is 25.5 Å². The molecule has 0 unspecified atom stereocenters. The first kappa shape index (κ1) is 16.1. The van der Waals surface area contributed by atoms with Crippen LogP contribution in [0.3, 0.4) is 0 Å². The third-order valence-corrected chi connectivity index (χ3v) is 2.32. The molecule has 0 bridgehead atoms. The van der Waals surface area contributed by atoms with Crippen LogP contribution in [0.1, 0.15) is 19.4 Å². The first-order valence-electron chi connectivity index (χ1n) is 6.27. The van der Waals surface area contributed by atoms with Gasteiger partial charge in [-0.1, -0.05) is 5.16 Å². The SMILES string of the molecule is CC(=O)O/N=C(\C)c1ccc(OCCOCCO)cc1. The van der Waals surface area contributed by atoms with E-state index in [9.17, 15) is 4.79 Å². The van der Waals surface area contributed by atoms with Gasteiger partial charge in [-0.2, -0.15) is 0 Å². The Labute approximate surface area is 117 Å². The first-order chi connectivity index (χ1) is 9.63. The van der Waals surface area contributed by atoms with Crippen molar-refractivity contribution in [1.29, 1.82) is 0 Å². The van der Waals surface area contributed by atoms with Gasteiger partial charge in [0.1, 0.15) is 12.4 Å². The molecule has 0 aliphatic rings. The van der Waals surface area contributed by atoms with Crippen LogP contribution in [0.5, 0.6) is 5.75 Å². The van der Waals surface area contributed by atoms with Crippen LogP contribution in [-0.4, -0.2) is 43.2 Å². The molecule has 1 aromatic carbocycles. The zero-order valence-corrected chi connectivity index (χ0v) is 11.7. The fraction of sp³-hybridized carbons (Fsp3) is 0.429. The molecule has 0 amide bonds. The summed E-state index contributed by atoms with van der Waals surface area (Å²) in [5.41, 5.74) is 1.45. The smallest absolute Gasteiger partial charge is 0.331 e. The highest BCUT2D eigenvalue weighted by atomic mass is 16.7. The van der Waals surface area contributed by atoms with Gasteiger partial charge in [0.2, 0.25) is 0 Å². The Bertz CT molecular complexity index is 441. The van der Waals surface area contributed by atoms with Gasteiger partial charge in [-0.25, -0.2) is 4.79 Å². The van der Waals surface area contributed by atoms with Crippen molar-refractivity contribution in [3.63, 3.8) is 0 Å². The van der Waals surface area contributed by atoms with Crippen LogP contribution >= 0.6 is 0 Å². The molecule has 6 heteroatoms. The van der Waals surface area contributed by atoms with E-state index in [-0.39, 0.29) is 6.61 Å². The quantitative estimate of drug-likeness (QED) is 0.337. The Morgan fingerprint density at radius 2 is 1.85 bits per heavy atom. The van der Waals surface area contributed by atoms with Crippen LogP contribution in [0.15, 0.2) is 29.4 Å². The van der Waals surface area contributed by atoms with Crippen molar-refractivity contribution in [2.24, 2.45) is 5.16 Å². The molecule has 1 aromatic rings. The third-order valence-electron chi connectivity index (χ3n) is 2.32. The summed E-state index contributed by atoms with van der Waals surface area (Å²) in [6.45, 7) is 4.22. The number of hydrogen-bond donors (Lipinski definition) is 1. The summed E-state index contributed by atoms with van der Waals surface area (Å²) in [4.78, 5) is 15.2. The molecule has 0 spiro atoms. The Balaban J connectivity index is 2.43. The lowest BCUT2D eigenvalue weighted by Gasteiger charge is -2.07. The van der Waals surface area contributed by atoms with Gasteiger partial charge in [0.15, 0.2) is 0 Å². The molecule has 0 saturated heterocycles. The van der Waals surface area contributed by atoms with E-state index in [1.807, 2.05) is 12.1 Å². The van der Waals surface area contributed by atoms with Crippen molar-refractivity contribution in [3.8, 4) is 5.75 Å². The molecule has 0 heterocycles. The summed E-state index contributed by atoms with van der Waals surface area (Å²) in [6.07, 6.45) is 0. The zero-order valence-electron chi connectivity index (χ0n) is 11.7. The molecule has 0 fully saturated rings. The minimum atomic E-state index is -0.452. The van der Waals surface area contributed by atoms with Gasteiger partial charge in [0.25, 0.3) is 0 Å². The second-order valence-corrected chi connectivity index (χ2v) is 3.97. The minimum absolute atomic E-state index is 0.00957. The maximum atomic E-state index is 10.7. The predicted molar refractivity (Wildman–Crippen MR) is 73.8 cm³/mol. The molecule has 0 aromatic heterocycles. The average molecular weight is 281 g/mol. The van der Waals surface area contributed by atoms with Crippen LogP contribution < -0.4 is 4.74 Å². The van der Waals surface area contributed by atoms with Gasteiger partial charge in [0, 0.05) is 6.92 Å². The number of aliphatic hydroxyl groups is 1. The molecule has 0 saturated carbocycles. The van der Waals surface area contributed by atoms with Crippen LogP contribution in [0.4, 0.5) is 0 Å². The number of carbonyl (C=O) groups excluding carboxylic acids is 1. The highest BCUT2D eigenvalue weighted by molar-refractivity contribution is 5.98. The summed E-state index contributed by atoms with van der Waals surface area (Å²) < 4.78 is 10.5. The van der Waals surface area contributed by atoms with Gasteiger partial charge >= 0.3 is 5.97 Å². The summed E-state index contributed by atoms with van der Waals surface area (Å²) in [6, 6.07) is 7.25. The number of aliphatic hydroxyl groups excluding tert-OH is 1. The molecule has 0 aliphatic heterocycles. The lowest BCUT2D eigenvalue weighted by atomic mass is 10.1. The highest BCUT2D eigenvalue weighted by Gasteiger charge is 2.00. The number of ether oxygens (including phenoxy) is 2. The van der Waals surface area contributed by atoms with E-state index in [1.54, 1.807) is 19.1 Å². The molecule has 0 aliphatic carbocycles. The Hall–Kier alpha value is -1.92. The second-order valence-electron chi connectivity index (χ2n) is 3.97. The molecule has 0 radical (unpaired) electrons. The molecule has 20 heavy (non-hydrogen) atoms. The number of carbonyl (C=O) groups is 1. The standard InChI is InChI=1S/C14H19NO5/c1-11(15-20-12(2)17)13-3-5-14(6-4-13)19-10-9-18-8-7-16/h3-6,16H,7-10H2,1-2H3/b15-11+. The number of rotatable bonds is 8. The fourth-order valence-electron chi connectivity index (χ4n) is 1.36. The summed E-state index contributed by atoms with van der Waals surface area (Å²) in [5, 5.41) is 12.2. The van der Waals surface area contributed by atoms with E-state index in [0.29, 0.717) is 31.3 Å². The van der Waals surface area contributed by atoms with E-state index in [2.05, 4.69) is 9.99 Å². The Morgan fingerprint density at radius 1 is 1.15 bits per heavy atom. The monoisotopic (exact) mass is 281 g/mol. The number of hydrogen-bond acceptors (Lipinski definition) is 6. The van der Waals surface area contributed by atoms with E-state index in [1.165, 1.54) is 6.92 Å². The van der Waals surface area contributed by atoms with Gasteiger partial charge in [-0.05, 0) is 36.8 Å². The number of nitrogens with zero attached hydrogens (tertiary/aromatic N) is 1. The molecule has 1 N–H and O–H groups in total. The molecular weight excluding hydrogens is 262 g/mol. The normalized spacial score (nSPS) is 11.2. The minimum Gasteiger partial charge on any atom is -0.491 e. The van der Waals surface area contributed by atoms with Crippen molar-refractivity contribution >= 4 is 11.7 Å². The van der Waals surface area contributed by atoms with E-state index in [4.69, 9.17) is 14.6 Å². The van der Waals surface area contributed by atoms with Gasteiger partial charge in [-0.15, -0.1) is 0 Å². The fourth-order valence-corrected chi connectivity index (χ4v) is 1.36. The highest BCUT2D eigenvalue weighted by Crippen LogP contribution is 2.13. The molecule has 0 atom stereocenters. The zero-order chi connectivity index (χ0) is 14.8. The van der Waals surface area contributed by atoms with Gasteiger partial charge in [-0.3, -0.25) is 0 Å². The lowest BCUT2D eigenvalue weighted by Crippen LogP contribution is -2.09. The molecule has 110 valence electrons. The third kappa shape index (κ3) is 6.31. The number of oxime groups is 1. The first-order valence-corrected chi connectivity index (χ1v) is 6.27. The number of benzene rings is 1. The molecule has 1 rings (SSSR count). The summed E-state index contributed by atoms with van der Waals surface area (Å²) >= 11 is 0. The lowest BCUT2D eigenvalue weighted by molar-refractivity contribution is -0.140. The Kier molecular flexibility index (Phi) is 7.31. The van der Waals surface area contributed by atoms with E-state index in [0.717, 1.165) is 5.56 Å². The van der Waals surface area contributed by atoms with Crippen molar-refractivity contribution in [1.82, 2.24) is 0 Å². The predicted octanol–water partition coefficient (Wildman–Crippen LogP) is 1.36. The Morgan fingerprint density at radius 3 is 2.45 bits per heavy atom. The van der Waals surface area contributed by atoms with Crippen LogP contribution in [0.25, 0.3) is 0 Å². The van der Waals surface area contributed by atoms with Crippen LogP contribution in [-0.2, 0) is 14.4 Å². The second kappa shape index (κ2) is 9.06. The maximum Gasteiger partial charge on any atom is 0.331 e. The van der Waals surface area contributed by atoms with E-state index < -0.39 is 5.97 Å². The van der Waals surface area contributed by atoms with Crippen molar-refractivity contribution < 1.29 is 24.2 Å². The van der Waals surface area contributed by atoms with Crippen LogP contribution in [0, 0.1) is 0 Å². The van der Waals surface area contributed by atoms with E-state index >= 15 is 0 Å². The van der Waals surface area contributed by atoms with Crippen LogP contribution in [0.2, 0.25) is 0 Å². The topological polar surface area (TPSA) is 77.4 Å². The van der Waals surface area contributed by atoms with Crippen molar-refractivity contribution in [3.05, 3.63) is 29.8 Å².